The summed E-state index contributed by atoms with van der Waals surface area (Å²) in [6, 6.07) is 0. The van der Waals surface area contributed by atoms with E-state index in [1.165, 1.54) is 77.0 Å². The van der Waals surface area contributed by atoms with Crippen molar-refractivity contribution < 1.29 is 28.6 Å². The van der Waals surface area contributed by atoms with Crippen LogP contribution in [0.3, 0.4) is 0 Å². The number of rotatable bonds is 43. The minimum absolute atomic E-state index is 0.0975. The summed E-state index contributed by atoms with van der Waals surface area (Å²) in [7, 11) is 0. The topological polar surface area (TPSA) is 78.9 Å². The summed E-state index contributed by atoms with van der Waals surface area (Å²) in [5, 5.41) is 0. The molecule has 338 valence electrons. The zero-order chi connectivity index (χ0) is 43.0. The normalized spacial score (nSPS) is 12.7. The standard InChI is InChI=1S/C53H90O6/c1-4-7-10-13-16-19-22-25-26-29-31-34-37-40-43-46-52(55)58-49-50(59-53(56)47-44-41-38-35-32-28-24-21-18-15-12-9-6-3)48-57-51(54)45-42-39-36-33-30-27-23-20-17-14-11-8-5-2/h7,10,13,16,19,22,25-28,30,32,50H,4-6,8-9,11-12,14-15,17-18,20-21,23-24,29,31,33-49H2,1-3H3/b10-7-,16-13-,22-19-,26-25-,30-27-,32-28-. The third-order valence-electron chi connectivity index (χ3n) is 10.3. The van der Waals surface area contributed by atoms with Crippen molar-refractivity contribution in [3.63, 3.8) is 0 Å². The highest BCUT2D eigenvalue weighted by Gasteiger charge is 2.19. The van der Waals surface area contributed by atoms with Gasteiger partial charge in [0.25, 0.3) is 0 Å². The van der Waals surface area contributed by atoms with Crippen LogP contribution < -0.4 is 0 Å². The Morgan fingerprint density at radius 1 is 0.356 bits per heavy atom. The molecule has 0 saturated heterocycles. The van der Waals surface area contributed by atoms with Crippen LogP contribution in [0, 0.1) is 0 Å². The van der Waals surface area contributed by atoms with Crippen LogP contribution in [-0.2, 0) is 28.6 Å². The average Bonchev–Trinajstić information content (AvgIpc) is 3.23. The van der Waals surface area contributed by atoms with E-state index in [-0.39, 0.29) is 31.1 Å². The van der Waals surface area contributed by atoms with Crippen LogP contribution in [0.5, 0.6) is 0 Å². The van der Waals surface area contributed by atoms with Gasteiger partial charge in [-0.25, -0.2) is 0 Å². The lowest BCUT2D eigenvalue weighted by Gasteiger charge is -2.18. The van der Waals surface area contributed by atoms with Gasteiger partial charge in [0.15, 0.2) is 6.10 Å². The minimum atomic E-state index is -0.797. The quantitative estimate of drug-likeness (QED) is 0.0200. The molecular weight excluding hydrogens is 733 g/mol. The van der Waals surface area contributed by atoms with Crippen molar-refractivity contribution in [3.8, 4) is 0 Å². The molecule has 0 aromatic rings. The molecule has 0 rings (SSSR count). The van der Waals surface area contributed by atoms with E-state index in [0.29, 0.717) is 19.3 Å². The Kier molecular flexibility index (Phi) is 45.0. The van der Waals surface area contributed by atoms with Crippen LogP contribution in [0.1, 0.15) is 226 Å². The highest BCUT2D eigenvalue weighted by atomic mass is 16.6. The maximum atomic E-state index is 12.7. The fraction of sp³-hybridized carbons (Fsp3) is 0.717. The molecule has 59 heavy (non-hydrogen) atoms. The zero-order valence-electron chi connectivity index (χ0n) is 38.5. The summed E-state index contributed by atoms with van der Waals surface area (Å²) < 4.78 is 16.7. The van der Waals surface area contributed by atoms with E-state index < -0.39 is 6.10 Å². The Bertz CT molecular complexity index is 1130. The summed E-state index contributed by atoms with van der Waals surface area (Å²) in [5.41, 5.74) is 0. The second-order valence-electron chi connectivity index (χ2n) is 16.1. The number of esters is 3. The summed E-state index contributed by atoms with van der Waals surface area (Å²) in [4.78, 5) is 37.9. The minimum Gasteiger partial charge on any atom is -0.462 e. The van der Waals surface area contributed by atoms with Gasteiger partial charge in [0.2, 0.25) is 0 Å². The number of carbonyl (C=O) groups excluding carboxylic acids is 3. The van der Waals surface area contributed by atoms with Crippen molar-refractivity contribution in [3.05, 3.63) is 72.9 Å². The van der Waals surface area contributed by atoms with E-state index in [0.717, 1.165) is 109 Å². The molecule has 0 aromatic carbocycles. The Labute approximate surface area is 363 Å². The Morgan fingerprint density at radius 3 is 1.10 bits per heavy atom. The molecule has 0 aromatic heterocycles. The summed E-state index contributed by atoms with van der Waals surface area (Å²) >= 11 is 0. The van der Waals surface area contributed by atoms with Crippen LogP contribution in [0.25, 0.3) is 0 Å². The van der Waals surface area contributed by atoms with Crippen molar-refractivity contribution in [1.82, 2.24) is 0 Å². The molecule has 6 heteroatoms. The molecule has 6 nitrogen and oxygen atoms in total. The number of hydrogen-bond donors (Lipinski definition) is 0. The van der Waals surface area contributed by atoms with E-state index in [1.807, 2.05) is 18.2 Å². The van der Waals surface area contributed by atoms with Gasteiger partial charge in [0, 0.05) is 19.3 Å². The molecule has 0 radical (unpaired) electrons. The number of unbranched alkanes of at least 4 members (excludes halogenated alkanes) is 23. The highest BCUT2D eigenvalue weighted by molar-refractivity contribution is 5.71. The van der Waals surface area contributed by atoms with Gasteiger partial charge in [-0.15, -0.1) is 0 Å². The number of carbonyl (C=O) groups is 3. The Balaban J connectivity index is 4.47. The molecule has 0 amide bonds. The Morgan fingerprint density at radius 2 is 0.678 bits per heavy atom. The van der Waals surface area contributed by atoms with Gasteiger partial charge in [-0.05, 0) is 89.9 Å². The lowest BCUT2D eigenvalue weighted by Crippen LogP contribution is -2.30. The van der Waals surface area contributed by atoms with Crippen molar-refractivity contribution in [2.45, 2.75) is 232 Å². The predicted molar refractivity (Wildman–Crippen MR) is 251 cm³/mol. The van der Waals surface area contributed by atoms with Gasteiger partial charge in [0.1, 0.15) is 13.2 Å². The molecule has 0 aliphatic rings. The summed E-state index contributed by atoms with van der Waals surface area (Å²) in [5.74, 6) is -0.954. The van der Waals surface area contributed by atoms with Crippen LogP contribution in [0.15, 0.2) is 72.9 Å². The van der Waals surface area contributed by atoms with Crippen LogP contribution in [0.2, 0.25) is 0 Å². The van der Waals surface area contributed by atoms with Crippen LogP contribution in [-0.4, -0.2) is 37.2 Å². The van der Waals surface area contributed by atoms with Gasteiger partial charge in [-0.1, -0.05) is 190 Å². The lowest BCUT2D eigenvalue weighted by atomic mass is 10.1. The molecular formula is C53H90O6. The first-order valence-corrected chi connectivity index (χ1v) is 24.5. The second kappa shape index (κ2) is 47.5. The highest BCUT2D eigenvalue weighted by Crippen LogP contribution is 2.13. The van der Waals surface area contributed by atoms with Gasteiger partial charge in [0.05, 0.1) is 0 Å². The van der Waals surface area contributed by atoms with E-state index in [2.05, 4.69) is 75.5 Å². The monoisotopic (exact) mass is 823 g/mol. The van der Waals surface area contributed by atoms with E-state index >= 15 is 0 Å². The van der Waals surface area contributed by atoms with E-state index in [4.69, 9.17) is 14.2 Å². The third kappa shape index (κ3) is 45.8. The maximum Gasteiger partial charge on any atom is 0.306 e. The molecule has 0 N–H and O–H groups in total. The lowest BCUT2D eigenvalue weighted by molar-refractivity contribution is -0.167. The van der Waals surface area contributed by atoms with Gasteiger partial charge in [-0.3, -0.25) is 14.4 Å². The number of ether oxygens (including phenoxy) is 3. The predicted octanol–water partition coefficient (Wildman–Crippen LogP) is 15.9. The number of hydrogen-bond acceptors (Lipinski definition) is 6. The largest absolute Gasteiger partial charge is 0.462 e. The first-order chi connectivity index (χ1) is 29.0. The summed E-state index contributed by atoms with van der Waals surface area (Å²) in [6.45, 7) is 6.43. The summed E-state index contributed by atoms with van der Waals surface area (Å²) in [6.07, 6.45) is 58.8. The number of allylic oxidation sites excluding steroid dienone is 12. The molecule has 0 bridgehead atoms. The van der Waals surface area contributed by atoms with E-state index in [1.54, 1.807) is 0 Å². The maximum absolute atomic E-state index is 12.7. The molecule has 1 atom stereocenters. The van der Waals surface area contributed by atoms with Crippen molar-refractivity contribution in [2.24, 2.45) is 0 Å². The van der Waals surface area contributed by atoms with Gasteiger partial charge >= 0.3 is 17.9 Å². The third-order valence-corrected chi connectivity index (χ3v) is 10.3. The smallest absolute Gasteiger partial charge is 0.306 e. The molecule has 0 aliphatic carbocycles. The first-order valence-electron chi connectivity index (χ1n) is 24.5. The molecule has 0 saturated carbocycles. The fourth-order valence-electron chi connectivity index (χ4n) is 6.56. The van der Waals surface area contributed by atoms with E-state index in [9.17, 15) is 14.4 Å². The molecule has 0 aliphatic heterocycles. The molecule has 1 unspecified atom stereocenters. The SMILES string of the molecule is CC\C=C/C=C\C=C/C=C\CCCCCCCC(=O)OCC(COC(=O)CCCCC/C=C\CCCCCCCC)OC(=O)CCCCC/C=C\CCCCCCCC. The van der Waals surface area contributed by atoms with Crippen LogP contribution in [0.4, 0.5) is 0 Å². The van der Waals surface area contributed by atoms with Crippen molar-refractivity contribution >= 4 is 17.9 Å². The Hall–Kier alpha value is -3.15. The first kappa shape index (κ1) is 55.9. The molecule has 0 heterocycles. The van der Waals surface area contributed by atoms with Gasteiger partial charge in [-0.2, -0.15) is 0 Å². The molecule has 0 spiro atoms. The van der Waals surface area contributed by atoms with Crippen molar-refractivity contribution in [2.75, 3.05) is 13.2 Å². The second-order valence-corrected chi connectivity index (χ2v) is 16.1. The average molecular weight is 823 g/mol. The fourth-order valence-corrected chi connectivity index (χ4v) is 6.56. The zero-order valence-corrected chi connectivity index (χ0v) is 38.5. The van der Waals surface area contributed by atoms with Crippen molar-refractivity contribution in [1.29, 1.82) is 0 Å². The molecule has 0 fully saturated rings. The van der Waals surface area contributed by atoms with Gasteiger partial charge < -0.3 is 14.2 Å². The van der Waals surface area contributed by atoms with Crippen LogP contribution >= 0.6 is 0 Å².